The Morgan fingerprint density at radius 2 is 1.58 bits per heavy atom. The number of anilines is 1. The number of phenolic OH excluding ortho intramolecular Hbond substituents is 1. The monoisotopic (exact) mass is 576 g/mol. The summed E-state index contributed by atoms with van der Waals surface area (Å²) in [7, 11) is 1.51. The van der Waals surface area contributed by atoms with Gasteiger partial charge in [-0.2, -0.15) is 0 Å². The Bertz CT molecular complexity index is 1680. The first-order valence-electron chi connectivity index (χ1n) is 14.6. The summed E-state index contributed by atoms with van der Waals surface area (Å²) in [4.78, 5) is 58.9. The van der Waals surface area contributed by atoms with E-state index in [1.54, 1.807) is 36.4 Å². The molecule has 8 nitrogen and oxygen atoms in total. The van der Waals surface area contributed by atoms with Gasteiger partial charge in [0.25, 0.3) is 0 Å². The third-order valence-electron chi connectivity index (χ3n) is 10.1. The van der Waals surface area contributed by atoms with E-state index in [2.05, 4.69) is 0 Å². The van der Waals surface area contributed by atoms with Gasteiger partial charge in [-0.15, -0.1) is 0 Å². The number of likely N-dealkylation sites (tertiary alicyclic amines) is 1. The summed E-state index contributed by atoms with van der Waals surface area (Å²) in [6, 6.07) is 23.3. The van der Waals surface area contributed by atoms with Crippen LogP contribution in [0.4, 0.5) is 5.69 Å². The summed E-state index contributed by atoms with van der Waals surface area (Å²) in [5.74, 6) is -3.74. The number of amides is 4. The maximum absolute atomic E-state index is 14.4. The van der Waals surface area contributed by atoms with Crippen LogP contribution in [0.3, 0.4) is 0 Å². The average molecular weight is 577 g/mol. The van der Waals surface area contributed by atoms with E-state index in [0.717, 1.165) is 11.1 Å². The first kappa shape index (κ1) is 27.1. The first-order valence-corrected chi connectivity index (χ1v) is 14.6. The van der Waals surface area contributed by atoms with Gasteiger partial charge in [-0.1, -0.05) is 66.2 Å². The lowest BCUT2D eigenvalue weighted by atomic mass is 9.51. The Labute approximate surface area is 249 Å². The molecule has 3 aromatic rings. The van der Waals surface area contributed by atoms with Crippen molar-refractivity contribution < 1.29 is 29.0 Å². The van der Waals surface area contributed by atoms with Crippen molar-refractivity contribution in [1.82, 2.24) is 4.90 Å². The molecule has 2 heterocycles. The molecule has 0 unspecified atom stereocenters. The number of allylic oxidation sites excluding steroid dienone is 2. The molecule has 2 aliphatic heterocycles. The Balaban J connectivity index is 1.35. The van der Waals surface area contributed by atoms with Crippen molar-refractivity contribution in [2.24, 2.45) is 29.1 Å². The van der Waals surface area contributed by atoms with Crippen LogP contribution in [0.5, 0.6) is 11.5 Å². The zero-order chi connectivity index (χ0) is 30.0. The molecule has 6 atom stereocenters. The third-order valence-corrected chi connectivity index (χ3v) is 10.1. The van der Waals surface area contributed by atoms with Crippen LogP contribution < -0.4 is 9.64 Å². The lowest BCUT2D eigenvalue weighted by Gasteiger charge is -2.49. The van der Waals surface area contributed by atoms with Gasteiger partial charge in [0.15, 0.2) is 0 Å². The summed E-state index contributed by atoms with van der Waals surface area (Å²) in [5.41, 5.74) is 1.46. The molecule has 3 fully saturated rings. The van der Waals surface area contributed by atoms with Crippen LogP contribution >= 0.6 is 0 Å². The minimum Gasteiger partial charge on any atom is -0.508 e. The van der Waals surface area contributed by atoms with E-state index < -0.39 is 35.0 Å². The Kier molecular flexibility index (Phi) is 6.27. The second-order valence-electron chi connectivity index (χ2n) is 12.2. The van der Waals surface area contributed by atoms with Crippen LogP contribution in [0, 0.1) is 29.1 Å². The number of benzene rings is 3. The highest BCUT2D eigenvalue weighted by molar-refractivity contribution is 6.24. The lowest BCUT2D eigenvalue weighted by Crippen LogP contribution is -2.48. The molecule has 0 spiro atoms. The summed E-state index contributed by atoms with van der Waals surface area (Å²) in [6.45, 7) is 2.00. The van der Waals surface area contributed by atoms with E-state index in [9.17, 15) is 24.3 Å². The molecule has 1 N–H and O–H groups in total. The summed E-state index contributed by atoms with van der Waals surface area (Å²) < 4.78 is 5.32. The van der Waals surface area contributed by atoms with Crippen LogP contribution in [0.15, 0.2) is 90.5 Å². The van der Waals surface area contributed by atoms with Crippen molar-refractivity contribution >= 4 is 29.3 Å². The molecule has 0 radical (unpaired) electrons. The molecule has 2 saturated heterocycles. The number of rotatable bonds is 5. The zero-order valence-corrected chi connectivity index (χ0v) is 24.0. The molecular formula is C35H32N2O6. The largest absolute Gasteiger partial charge is 0.508 e. The molecule has 4 aliphatic rings. The van der Waals surface area contributed by atoms with Crippen LogP contribution in [0.25, 0.3) is 0 Å². The van der Waals surface area contributed by atoms with Crippen molar-refractivity contribution in [1.29, 1.82) is 0 Å². The predicted octanol–water partition coefficient (Wildman–Crippen LogP) is 4.83. The highest BCUT2D eigenvalue weighted by Gasteiger charge is 2.67. The fraction of sp³-hybridized carbons (Fsp3) is 0.314. The topological polar surface area (TPSA) is 104 Å². The molecule has 2 aliphatic carbocycles. The van der Waals surface area contributed by atoms with Gasteiger partial charge >= 0.3 is 0 Å². The SMILES string of the molecule is COc1ccc([C@H]2C3=CC[C@@H]4C(=O)N(Cc5ccccc5)C(=O)[C@@H]4[C@@H]3C[C@H]3C(=O)N(c4ccccc4)C(=O)[C@@]23C)c(O)c1. The molecule has 218 valence electrons. The Morgan fingerprint density at radius 1 is 0.884 bits per heavy atom. The molecule has 7 rings (SSSR count). The number of nitrogens with zero attached hydrogens (tertiary/aromatic N) is 2. The molecule has 4 amide bonds. The molecule has 3 aromatic carbocycles. The zero-order valence-electron chi connectivity index (χ0n) is 24.0. The van der Waals surface area contributed by atoms with Gasteiger partial charge < -0.3 is 9.84 Å². The van der Waals surface area contributed by atoms with Gasteiger partial charge in [0.05, 0.1) is 42.5 Å². The van der Waals surface area contributed by atoms with Crippen LogP contribution in [0.2, 0.25) is 0 Å². The van der Waals surface area contributed by atoms with Crippen LogP contribution in [-0.4, -0.2) is 40.7 Å². The van der Waals surface area contributed by atoms with Crippen molar-refractivity contribution in [3.05, 3.63) is 102 Å². The quantitative estimate of drug-likeness (QED) is 0.345. The van der Waals surface area contributed by atoms with Gasteiger partial charge in [-0.25, -0.2) is 4.90 Å². The van der Waals surface area contributed by atoms with Gasteiger partial charge in [0, 0.05) is 17.5 Å². The number of para-hydroxylation sites is 1. The second kappa shape index (κ2) is 9.93. The van der Waals surface area contributed by atoms with Crippen molar-refractivity contribution in [3.63, 3.8) is 0 Å². The number of carbonyl (C=O) groups is 4. The number of hydrogen-bond donors (Lipinski definition) is 1. The van der Waals surface area contributed by atoms with Gasteiger partial charge in [0.1, 0.15) is 11.5 Å². The van der Waals surface area contributed by atoms with E-state index in [1.807, 2.05) is 49.4 Å². The number of methoxy groups -OCH3 is 1. The minimum absolute atomic E-state index is 0.0501. The highest BCUT2D eigenvalue weighted by atomic mass is 16.5. The van der Waals surface area contributed by atoms with Crippen molar-refractivity contribution in [3.8, 4) is 11.5 Å². The minimum atomic E-state index is -1.22. The van der Waals surface area contributed by atoms with Crippen molar-refractivity contribution in [2.75, 3.05) is 12.0 Å². The predicted molar refractivity (Wildman–Crippen MR) is 158 cm³/mol. The standard InChI is InChI=1S/C35H32N2O6/c1-35-27(32(40)37(34(35)42)21-11-7-4-8-12-21)18-26-23(30(35)24-14-13-22(43-2)17-28(24)38)15-16-25-29(26)33(41)36(31(25)39)19-20-9-5-3-6-10-20/h3-15,17,25-27,29-30,38H,16,18-19H2,1-2H3/t25-,26+,27-,29-,30+,35+/m0/s1. The molecule has 0 bridgehead atoms. The van der Waals surface area contributed by atoms with Crippen molar-refractivity contribution in [2.45, 2.75) is 32.2 Å². The number of imide groups is 2. The average Bonchev–Trinajstić information content (AvgIpc) is 3.38. The first-order chi connectivity index (χ1) is 20.8. The molecule has 0 aromatic heterocycles. The number of fused-ring (bicyclic) bond motifs is 4. The number of phenols is 1. The summed E-state index contributed by atoms with van der Waals surface area (Å²) in [5, 5.41) is 11.3. The fourth-order valence-electron chi connectivity index (χ4n) is 8.06. The molecular weight excluding hydrogens is 544 g/mol. The summed E-state index contributed by atoms with van der Waals surface area (Å²) >= 11 is 0. The smallest absolute Gasteiger partial charge is 0.241 e. The maximum Gasteiger partial charge on any atom is 0.241 e. The van der Waals surface area contributed by atoms with Gasteiger partial charge in [-0.05, 0) is 49.4 Å². The molecule has 1 saturated carbocycles. The lowest BCUT2D eigenvalue weighted by molar-refractivity contribution is -0.141. The van der Waals surface area contributed by atoms with Gasteiger partial charge in [0.2, 0.25) is 23.6 Å². The maximum atomic E-state index is 14.4. The summed E-state index contributed by atoms with van der Waals surface area (Å²) in [6.07, 6.45) is 2.61. The number of hydrogen-bond acceptors (Lipinski definition) is 6. The van der Waals surface area contributed by atoms with E-state index in [0.29, 0.717) is 23.4 Å². The number of carbonyl (C=O) groups excluding carboxylic acids is 4. The molecule has 43 heavy (non-hydrogen) atoms. The van der Waals surface area contributed by atoms with Crippen LogP contribution in [0.1, 0.15) is 36.8 Å². The number of ether oxygens (including phenoxy) is 1. The Morgan fingerprint density at radius 3 is 2.26 bits per heavy atom. The molecule has 8 heteroatoms. The van der Waals surface area contributed by atoms with E-state index in [4.69, 9.17) is 4.74 Å². The van der Waals surface area contributed by atoms with E-state index in [-0.39, 0.29) is 42.3 Å². The highest BCUT2D eigenvalue weighted by Crippen LogP contribution is 2.64. The normalized spacial score (nSPS) is 29.7. The second-order valence-corrected chi connectivity index (χ2v) is 12.2. The third kappa shape index (κ3) is 3.89. The van der Waals surface area contributed by atoms with E-state index >= 15 is 0 Å². The number of aromatic hydroxyl groups is 1. The van der Waals surface area contributed by atoms with Gasteiger partial charge in [-0.3, -0.25) is 24.1 Å². The Hall–Kier alpha value is -4.72. The fourth-order valence-corrected chi connectivity index (χ4v) is 8.06. The van der Waals surface area contributed by atoms with Crippen LogP contribution in [-0.2, 0) is 25.7 Å². The van der Waals surface area contributed by atoms with E-state index in [1.165, 1.54) is 23.0 Å².